The molecule has 1 amide bonds. The number of nitrogens with zero attached hydrogens (tertiary/aromatic N) is 1. The van der Waals surface area contributed by atoms with Gasteiger partial charge in [-0.15, -0.1) is 0 Å². The highest BCUT2D eigenvalue weighted by Gasteiger charge is 2.51. The summed E-state index contributed by atoms with van der Waals surface area (Å²) in [5.74, 6) is -17.6. The van der Waals surface area contributed by atoms with Crippen LogP contribution in [0.1, 0.15) is 5.56 Å². The van der Waals surface area contributed by atoms with Gasteiger partial charge < -0.3 is 9.47 Å². The van der Waals surface area contributed by atoms with Crippen molar-refractivity contribution in [2.75, 3.05) is 18.6 Å². The molecular formula is C18H7F10NO4. The van der Waals surface area contributed by atoms with E-state index in [1.807, 2.05) is 0 Å². The summed E-state index contributed by atoms with van der Waals surface area (Å²) in [5.41, 5.74) is -7.29. The van der Waals surface area contributed by atoms with Crippen LogP contribution in [0.3, 0.4) is 0 Å². The second-order valence-electron chi connectivity index (χ2n) is 6.39. The van der Waals surface area contributed by atoms with Gasteiger partial charge in [-0.2, -0.15) is 22.0 Å². The summed E-state index contributed by atoms with van der Waals surface area (Å²) in [7, 11) is 0.806. The molecule has 3 rings (SSSR count). The zero-order valence-electron chi connectivity index (χ0n) is 15.7. The van der Waals surface area contributed by atoms with Crippen molar-refractivity contribution in [2.45, 2.75) is 12.3 Å². The van der Waals surface area contributed by atoms with E-state index >= 15 is 0 Å². The van der Waals surface area contributed by atoms with Crippen LogP contribution in [0.25, 0.3) is 11.1 Å². The Hall–Kier alpha value is -3.52. The number of methoxy groups -OCH3 is 1. The molecule has 0 spiro atoms. The van der Waals surface area contributed by atoms with Gasteiger partial charge in [0, 0.05) is 11.6 Å². The smallest absolute Gasteiger partial charge is 0.468 e. The van der Waals surface area contributed by atoms with Gasteiger partial charge in [-0.25, -0.2) is 22.0 Å². The molecule has 0 bridgehead atoms. The van der Waals surface area contributed by atoms with Gasteiger partial charge in [0.2, 0.25) is 0 Å². The zero-order valence-corrected chi connectivity index (χ0v) is 15.7. The average Bonchev–Trinajstić information content (AvgIpc) is 2.69. The van der Waals surface area contributed by atoms with Crippen LogP contribution in [0.5, 0.6) is 5.75 Å². The highest BCUT2D eigenvalue weighted by molar-refractivity contribution is 6.04. The number of anilines is 1. The summed E-state index contributed by atoms with van der Waals surface area (Å²) in [6, 6.07) is 0.218. The Morgan fingerprint density at radius 2 is 1.58 bits per heavy atom. The van der Waals surface area contributed by atoms with E-state index in [0.717, 1.165) is 7.11 Å². The molecule has 178 valence electrons. The number of hydrogen-bond acceptors (Lipinski definition) is 4. The predicted octanol–water partition coefficient (Wildman–Crippen LogP) is 4.56. The number of alkyl halides is 5. The number of amides is 1. The van der Waals surface area contributed by atoms with Crippen molar-refractivity contribution in [1.82, 2.24) is 0 Å². The van der Waals surface area contributed by atoms with E-state index < -0.39 is 87.9 Å². The number of ether oxygens (including phenoxy) is 2. The van der Waals surface area contributed by atoms with Crippen LogP contribution >= 0.6 is 0 Å². The molecule has 0 radical (unpaired) electrons. The minimum atomic E-state index is -5.87. The van der Waals surface area contributed by atoms with Crippen LogP contribution in [-0.4, -0.2) is 31.6 Å². The number of rotatable bonds is 3. The second kappa shape index (κ2) is 7.81. The minimum Gasteiger partial charge on any atom is -0.468 e. The van der Waals surface area contributed by atoms with E-state index in [0.29, 0.717) is 0 Å². The lowest BCUT2D eigenvalue weighted by atomic mass is 9.98. The van der Waals surface area contributed by atoms with Crippen molar-refractivity contribution >= 4 is 17.6 Å². The summed E-state index contributed by atoms with van der Waals surface area (Å²) in [6.45, 7) is -1.24. The molecule has 0 aromatic heterocycles. The first kappa shape index (κ1) is 24.1. The van der Waals surface area contributed by atoms with Gasteiger partial charge in [-0.1, -0.05) is 0 Å². The highest BCUT2D eigenvalue weighted by atomic mass is 19.4. The van der Waals surface area contributed by atoms with Crippen LogP contribution in [-0.2, 0) is 20.5 Å². The predicted molar refractivity (Wildman–Crippen MR) is 86.6 cm³/mol. The van der Waals surface area contributed by atoms with E-state index in [1.165, 1.54) is 0 Å². The minimum absolute atomic E-state index is 0.0294. The fourth-order valence-corrected chi connectivity index (χ4v) is 2.94. The van der Waals surface area contributed by atoms with Crippen LogP contribution in [0.15, 0.2) is 12.1 Å². The number of benzene rings is 2. The molecule has 1 aliphatic rings. The molecule has 2 aromatic rings. The molecule has 0 unspecified atom stereocenters. The van der Waals surface area contributed by atoms with E-state index in [9.17, 15) is 53.5 Å². The summed E-state index contributed by atoms with van der Waals surface area (Å²) in [4.78, 5) is 23.4. The Balaban J connectivity index is 2.31. The van der Waals surface area contributed by atoms with Crippen molar-refractivity contribution in [1.29, 1.82) is 0 Å². The second-order valence-corrected chi connectivity index (χ2v) is 6.39. The summed E-state index contributed by atoms with van der Waals surface area (Å²) in [5, 5.41) is 0. The quantitative estimate of drug-likeness (QED) is 0.359. The van der Waals surface area contributed by atoms with Crippen LogP contribution in [0, 0.1) is 29.1 Å². The summed E-state index contributed by atoms with van der Waals surface area (Å²) < 4.78 is 145. The lowest BCUT2D eigenvalue weighted by Crippen LogP contribution is -2.52. The number of halogens is 10. The molecule has 0 saturated heterocycles. The molecule has 0 saturated carbocycles. The SMILES string of the molecule is COC(=O)CN1C(=O)C(F)(F)Oc2cc(F)c(-c3c(F)c(F)c(C(F)(F)F)c(F)c3F)cc21. The van der Waals surface area contributed by atoms with Gasteiger partial charge in [0.1, 0.15) is 17.9 Å². The summed E-state index contributed by atoms with van der Waals surface area (Å²) in [6.07, 6.45) is -10.5. The number of carbonyl (C=O) groups is 2. The van der Waals surface area contributed by atoms with Crippen molar-refractivity contribution < 1.29 is 63.0 Å². The van der Waals surface area contributed by atoms with Crippen LogP contribution in [0.4, 0.5) is 49.6 Å². The normalized spacial score (nSPS) is 15.2. The average molecular weight is 491 g/mol. The first-order valence-electron chi connectivity index (χ1n) is 8.34. The van der Waals surface area contributed by atoms with Gasteiger partial charge in [-0.3, -0.25) is 14.5 Å². The van der Waals surface area contributed by atoms with Gasteiger partial charge in [0.15, 0.2) is 29.0 Å². The maximum atomic E-state index is 14.5. The fourth-order valence-electron chi connectivity index (χ4n) is 2.94. The molecule has 33 heavy (non-hydrogen) atoms. The number of carbonyl (C=O) groups excluding carboxylic acids is 2. The molecule has 5 nitrogen and oxygen atoms in total. The maximum absolute atomic E-state index is 14.5. The zero-order chi connectivity index (χ0) is 25.0. The van der Waals surface area contributed by atoms with Crippen LogP contribution in [0.2, 0.25) is 0 Å². The first-order valence-corrected chi connectivity index (χ1v) is 8.34. The Morgan fingerprint density at radius 3 is 2.06 bits per heavy atom. The molecule has 0 aliphatic carbocycles. The largest absolute Gasteiger partial charge is 0.482 e. The van der Waals surface area contributed by atoms with E-state index in [1.54, 1.807) is 0 Å². The molecule has 1 aliphatic heterocycles. The molecule has 0 fully saturated rings. The van der Waals surface area contributed by atoms with E-state index in [4.69, 9.17) is 0 Å². The Kier molecular flexibility index (Phi) is 5.71. The van der Waals surface area contributed by atoms with Gasteiger partial charge >= 0.3 is 24.2 Å². The number of esters is 1. The third-order valence-corrected chi connectivity index (χ3v) is 4.40. The Labute approximate surface area is 176 Å². The lowest BCUT2D eigenvalue weighted by Gasteiger charge is -2.33. The van der Waals surface area contributed by atoms with E-state index in [2.05, 4.69) is 9.47 Å². The lowest BCUT2D eigenvalue weighted by molar-refractivity contribution is -0.193. The highest BCUT2D eigenvalue weighted by Crippen LogP contribution is 2.45. The molecule has 0 N–H and O–H groups in total. The van der Waals surface area contributed by atoms with Crippen LogP contribution < -0.4 is 9.64 Å². The Morgan fingerprint density at radius 1 is 1.03 bits per heavy atom. The topological polar surface area (TPSA) is 55.8 Å². The monoisotopic (exact) mass is 491 g/mol. The third kappa shape index (κ3) is 3.91. The standard InChI is InChI=1S/C18H7F10NO4/c1-32-9(30)4-29-7-2-5(6(19)3-8(7)33-18(27,28)16(29)31)10-12(20)14(22)11(17(24,25)26)15(23)13(10)21/h2-3H,4H2,1H3. The summed E-state index contributed by atoms with van der Waals surface area (Å²) >= 11 is 0. The first-order chi connectivity index (χ1) is 15.1. The van der Waals surface area contributed by atoms with Crippen molar-refractivity contribution in [3.63, 3.8) is 0 Å². The third-order valence-electron chi connectivity index (χ3n) is 4.40. The molecule has 2 aromatic carbocycles. The molecule has 0 atom stereocenters. The van der Waals surface area contributed by atoms with Gasteiger partial charge in [0.05, 0.1) is 18.4 Å². The Bertz CT molecular complexity index is 1150. The number of hydrogen-bond donors (Lipinski definition) is 0. The maximum Gasteiger partial charge on any atom is 0.482 e. The number of fused-ring (bicyclic) bond motifs is 1. The molecule has 1 heterocycles. The van der Waals surface area contributed by atoms with Gasteiger partial charge in [0.25, 0.3) is 0 Å². The van der Waals surface area contributed by atoms with E-state index in [-0.39, 0.29) is 17.0 Å². The fraction of sp³-hybridized carbons (Fsp3) is 0.222. The van der Waals surface area contributed by atoms with Crippen molar-refractivity contribution in [2.24, 2.45) is 0 Å². The molecular weight excluding hydrogens is 484 g/mol. The van der Waals surface area contributed by atoms with Crippen molar-refractivity contribution in [3.8, 4) is 16.9 Å². The van der Waals surface area contributed by atoms with Gasteiger partial charge in [-0.05, 0) is 6.07 Å². The molecule has 15 heteroatoms. The van der Waals surface area contributed by atoms with Crippen molar-refractivity contribution in [3.05, 3.63) is 46.8 Å².